The molecule has 2 amide bonds. The van der Waals surface area contributed by atoms with Crippen LogP contribution in [0.2, 0.25) is 0 Å². The van der Waals surface area contributed by atoms with Crippen molar-refractivity contribution in [2.45, 2.75) is 43.6 Å². The molecule has 2 aliphatic rings. The second kappa shape index (κ2) is 8.71. The van der Waals surface area contributed by atoms with E-state index in [0.717, 1.165) is 18.4 Å². The summed E-state index contributed by atoms with van der Waals surface area (Å²) in [5.41, 5.74) is 0.856. The monoisotopic (exact) mass is 396 g/mol. The first kappa shape index (κ1) is 19.6. The minimum absolute atomic E-state index is 0.0158. The molecular formula is C18H24N2O6S. The third-order valence-corrected chi connectivity index (χ3v) is 6.41. The molecule has 9 heteroatoms. The molecule has 0 bridgehead atoms. The Kier molecular flexibility index (Phi) is 6.33. The van der Waals surface area contributed by atoms with Crippen LogP contribution in [0.15, 0.2) is 30.3 Å². The SMILES string of the molecule is O=C(CC[C@@H]1CCCO1)NS(=O)(=O)C1CN(C(=O)OCc2ccccc2)C1. The Bertz CT molecular complexity index is 755. The van der Waals surface area contributed by atoms with Crippen LogP contribution < -0.4 is 4.72 Å². The van der Waals surface area contributed by atoms with Crippen molar-refractivity contribution >= 4 is 22.0 Å². The maximum atomic E-state index is 12.2. The lowest BCUT2D eigenvalue weighted by Crippen LogP contribution is -2.60. The number of likely N-dealkylation sites (tertiary alicyclic amines) is 1. The van der Waals surface area contributed by atoms with Crippen molar-refractivity contribution in [3.63, 3.8) is 0 Å². The summed E-state index contributed by atoms with van der Waals surface area (Å²) in [6.07, 6.45) is 1.99. The van der Waals surface area contributed by atoms with Gasteiger partial charge in [0.15, 0.2) is 0 Å². The second-order valence-electron chi connectivity index (χ2n) is 6.81. The maximum absolute atomic E-state index is 12.2. The van der Waals surface area contributed by atoms with Crippen LogP contribution in [0.3, 0.4) is 0 Å². The third kappa shape index (κ3) is 5.43. The predicted molar refractivity (Wildman–Crippen MR) is 97.3 cm³/mol. The fourth-order valence-corrected chi connectivity index (χ4v) is 4.39. The molecule has 148 valence electrons. The molecular weight excluding hydrogens is 372 g/mol. The lowest BCUT2D eigenvalue weighted by atomic mass is 10.1. The number of carbonyl (C=O) groups excluding carboxylic acids is 2. The van der Waals surface area contributed by atoms with E-state index >= 15 is 0 Å². The number of nitrogens with one attached hydrogen (secondary N) is 1. The molecule has 2 saturated heterocycles. The standard InChI is InChI=1S/C18H24N2O6S/c21-17(9-8-15-7-4-10-25-15)19-27(23,24)16-11-20(12-16)18(22)26-13-14-5-2-1-3-6-14/h1-3,5-6,15-16H,4,7-13H2,(H,19,21)/t15-/m0/s1. The largest absolute Gasteiger partial charge is 0.445 e. The van der Waals surface area contributed by atoms with Gasteiger partial charge in [-0.25, -0.2) is 13.2 Å². The average Bonchev–Trinajstić information content (AvgIpc) is 3.10. The van der Waals surface area contributed by atoms with E-state index in [9.17, 15) is 18.0 Å². The van der Waals surface area contributed by atoms with Gasteiger partial charge in [0, 0.05) is 26.1 Å². The first-order chi connectivity index (χ1) is 12.9. The van der Waals surface area contributed by atoms with Gasteiger partial charge in [0.25, 0.3) is 0 Å². The van der Waals surface area contributed by atoms with Gasteiger partial charge < -0.3 is 14.4 Å². The van der Waals surface area contributed by atoms with E-state index in [1.807, 2.05) is 30.3 Å². The zero-order valence-electron chi connectivity index (χ0n) is 15.0. The van der Waals surface area contributed by atoms with E-state index in [4.69, 9.17) is 9.47 Å². The summed E-state index contributed by atoms with van der Waals surface area (Å²) in [5.74, 6) is -0.532. The Hall–Kier alpha value is -2.13. The van der Waals surface area contributed by atoms with E-state index < -0.39 is 27.3 Å². The van der Waals surface area contributed by atoms with Crippen LogP contribution in [0, 0.1) is 0 Å². The quantitative estimate of drug-likeness (QED) is 0.748. The van der Waals surface area contributed by atoms with Crippen molar-refractivity contribution in [3.05, 3.63) is 35.9 Å². The van der Waals surface area contributed by atoms with Crippen molar-refractivity contribution < 1.29 is 27.5 Å². The number of hydrogen-bond donors (Lipinski definition) is 1. The van der Waals surface area contributed by atoms with Crippen LogP contribution in [-0.2, 0) is 30.9 Å². The summed E-state index contributed by atoms with van der Waals surface area (Å²) < 4.78 is 37.1. The molecule has 3 rings (SSSR count). The Morgan fingerprint density at radius 1 is 1.22 bits per heavy atom. The number of nitrogens with zero attached hydrogens (tertiary/aromatic N) is 1. The van der Waals surface area contributed by atoms with Gasteiger partial charge >= 0.3 is 6.09 Å². The average molecular weight is 396 g/mol. The van der Waals surface area contributed by atoms with Crippen LogP contribution in [0.25, 0.3) is 0 Å². The number of carbonyl (C=O) groups is 2. The Morgan fingerprint density at radius 2 is 1.96 bits per heavy atom. The lowest BCUT2D eigenvalue weighted by molar-refractivity contribution is -0.120. The molecule has 8 nitrogen and oxygen atoms in total. The van der Waals surface area contributed by atoms with E-state index in [-0.39, 0.29) is 32.2 Å². The highest BCUT2D eigenvalue weighted by atomic mass is 32.2. The van der Waals surface area contributed by atoms with Gasteiger partial charge in [0.2, 0.25) is 15.9 Å². The summed E-state index contributed by atoms with van der Waals surface area (Å²) >= 11 is 0. The Balaban J connectivity index is 1.38. The van der Waals surface area contributed by atoms with Crippen LogP contribution in [0.1, 0.15) is 31.2 Å². The molecule has 1 aromatic carbocycles. The van der Waals surface area contributed by atoms with E-state index in [0.29, 0.717) is 13.0 Å². The predicted octanol–water partition coefficient (Wildman–Crippen LogP) is 1.41. The lowest BCUT2D eigenvalue weighted by Gasteiger charge is -2.37. The van der Waals surface area contributed by atoms with Gasteiger partial charge in [-0.2, -0.15) is 0 Å². The highest BCUT2D eigenvalue weighted by Gasteiger charge is 2.41. The van der Waals surface area contributed by atoms with Crippen molar-refractivity contribution in [2.24, 2.45) is 0 Å². The second-order valence-corrected chi connectivity index (χ2v) is 8.77. The molecule has 2 heterocycles. The van der Waals surface area contributed by atoms with Gasteiger partial charge in [-0.1, -0.05) is 30.3 Å². The molecule has 1 aromatic rings. The number of sulfonamides is 1. The normalized spacial score (nSPS) is 20.1. The van der Waals surface area contributed by atoms with E-state index in [2.05, 4.69) is 4.72 Å². The number of benzene rings is 1. The van der Waals surface area contributed by atoms with Crippen LogP contribution >= 0.6 is 0 Å². The summed E-state index contributed by atoms with van der Waals surface area (Å²) in [6.45, 7) is 0.861. The van der Waals surface area contributed by atoms with Gasteiger partial charge in [-0.15, -0.1) is 0 Å². The molecule has 0 spiro atoms. The number of hydrogen-bond acceptors (Lipinski definition) is 6. The Labute approximate surface area is 158 Å². The molecule has 27 heavy (non-hydrogen) atoms. The smallest absolute Gasteiger partial charge is 0.410 e. The van der Waals surface area contributed by atoms with Crippen molar-refractivity contribution in [3.8, 4) is 0 Å². The molecule has 0 aliphatic carbocycles. The fraction of sp³-hybridized carbons (Fsp3) is 0.556. The zero-order valence-corrected chi connectivity index (χ0v) is 15.8. The molecule has 0 radical (unpaired) electrons. The zero-order chi connectivity index (χ0) is 19.3. The van der Waals surface area contributed by atoms with Gasteiger partial charge in [0.05, 0.1) is 6.10 Å². The van der Waals surface area contributed by atoms with Crippen LogP contribution in [-0.4, -0.2) is 56.4 Å². The third-order valence-electron chi connectivity index (χ3n) is 4.72. The minimum Gasteiger partial charge on any atom is -0.445 e. The fourth-order valence-electron chi connectivity index (χ4n) is 3.05. The molecule has 0 aromatic heterocycles. The highest BCUT2D eigenvalue weighted by molar-refractivity contribution is 7.90. The van der Waals surface area contributed by atoms with Crippen molar-refractivity contribution in [2.75, 3.05) is 19.7 Å². The van der Waals surface area contributed by atoms with Crippen LogP contribution in [0.4, 0.5) is 4.79 Å². The minimum atomic E-state index is -3.79. The molecule has 2 fully saturated rings. The molecule has 1 N–H and O–H groups in total. The van der Waals surface area contributed by atoms with Gasteiger partial charge in [-0.3, -0.25) is 9.52 Å². The first-order valence-electron chi connectivity index (χ1n) is 9.06. The molecule has 2 aliphatic heterocycles. The summed E-state index contributed by atoms with van der Waals surface area (Å²) in [4.78, 5) is 25.1. The summed E-state index contributed by atoms with van der Waals surface area (Å²) in [5, 5.41) is -0.798. The van der Waals surface area contributed by atoms with Gasteiger partial charge in [0.1, 0.15) is 11.9 Å². The number of amides is 2. The van der Waals surface area contributed by atoms with Gasteiger partial charge in [-0.05, 0) is 24.8 Å². The van der Waals surface area contributed by atoms with Crippen molar-refractivity contribution in [1.29, 1.82) is 0 Å². The molecule has 0 saturated carbocycles. The topological polar surface area (TPSA) is 102 Å². The van der Waals surface area contributed by atoms with Crippen LogP contribution in [0.5, 0.6) is 0 Å². The number of rotatable bonds is 7. The van der Waals surface area contributed by atoms with Crippen molar-refractivity contribution in [1.82, 2.24) is 9.62 Å². The Morgan fingerprint density at radius 3 is 2.63 bits per heavy atom. The van der Waals surface area contributed by atoms with E-state index in [1.165, 1.54) is 4.90 Å². The number of ether oxygens (including phenoxy) is 2. The highest BCUT2D eigenvalue weighted by Crippen LogP contribution is 2.19. The van der Waals surface area contributed by atoms with E-state index in [1.54, 1.807) is 0 Å². The first-order valence-corrected chi connectivity index (χ1v) is 10.6. The summed E-state index contributed by atoms with van der Waals surface area (Å²) in [7, 11) is -3.79. The maximum Gasteiger partial charge on any atom is 0.410 e. The molecule has 0 unspecified atom stereocenters. The summed E-state index contributed by atoms with van der Waals surface area (Å²) in [6, 6.07) is 9.23. The molecule has 1 atom stereocenters.